The lowest BCUT2D eigenvalue weighted by Gasteiger charge is -2.25. The molecule has 9 heteroatoms. The number of allylic oxidation sites excluding steroid dienone is 5. The number of hydrogen-bond donors (Lipinski definition) is 3. The first-order valence-corrected chi connectivity index (χ1v) is 32.9. The minimum atomic E-state index is -4.36. The second-order valence-corrected chi connectivity index (χ2v) is 24.2. The molecule has 3 N–H and O–H groups in total. The van der Waals surface area contributed by atoms with Crippen molar-refractivity contribution in [3.05, 3.63) is 36.5 Å². The van der Waals surface area contributed by atoms with Crippen LogP contribution in [0.25, 0.3) is 0 Å². The molecule has 8 nitrogen and oxygen atoms in total. The van der Waals surface area contributed by atoms with Gasteiger partial charge < -0.3 is 19.8 Å². The molecule has 0 aromatic carbocycles. The van der Waals surface area contributed by atoms with E-state index in [1.165, 1.54) is 250 Å². The largest absolute Gasteiger partial charge is 0.472 e. The highest BCUT2D eigenvalue weighted by Crippen LogP contribution is 2.43. The predicted molar refractivity (Wildman–Crippen MR) is 314 cm³/mol. The summed E-state index contributed by atoms with van der Waals surface area (Å²) < 4.78 is 23.7. The summed E-state index contributed by atoms with van der Waals surface area (Å²) in [6.07, 6.45) is 71.3. The van der Waals surface area contributed by atoms with Crippen molar-refractivity contribution in [3.63, 3.8) is 0 Å². The number of phosphoric acid groups is 1. The molecule has 3 atom stereocenters. The lowest BCUT2D eigenvalue weighted by molar-refractivity contribution is -0.870. The smallest absolute Gasteiger partial charge is 0.387 e. The zero-order chi connectivity index (χ0) is 52.7. The van der Waals surface area contributed by atoms with Crippen LogP contribution in [0.1, 0.15) is 309 Å². The van der Waals surface area contributed by atoms with Gasteiger partial charge in [0.15, 0.2) is 0 Å². The maximum absolute atomic E-state index is 13.0. The van der Waals surface area contributed by atoms with Gasteiger partial charge in [-0.1, -0.05) is 281 Å². The van der Waals surface area contributed by atoms with Crippen LogP contribution in [0.2, 0.25) is 0 Å². The van der Waals surface area contributed by atoms with Gasteiger partial charge in [-0.05, 0) is 57.8 Å². The number of nitrogens with one attached hydrogen (secondary N) is 1. The molecule has 0 radical (unpaired) electrons. The first-order valence-electron chi connectivity index (χ1n) is 31.4. The molecule has 0 spiro atoms. The van der Waals surface area contributed by atoms with Crippen molar-refractivity contribution in [2.75, 3.05) is 40.9 Å². The van der Waals surface area contributed by atoms with E-state index in [-0.39, 0.29) is 19.1 Å². The molecule has 0 aliphatic heterocycles. The molecule has 0 fully saturated rings. The van der Waals surface area contributed by atoms with Gasteiger partial charge >= 0.3 is 7.82 Å². The summed E-state index contributed by atoms with van der Waals surface area (Å²) in [5.41, 5.74) is 0. The zero-order valence-corrected chi connectivity index (χ0v) is 49.6. The van der Waals surface area contributed by atoms with Crippen molar-refractivity contribution >= 4 is 13.7 Å². The SMILES string of the molecule is CCCCCCCCCCCCCC/C=C\CCCCCCCCCCCCCCCCCC(=O)NC(COP(=O)(O)OCC[N+](C)(C)C)C(O)/C=C/CC/C=C/CCCCCCCCCCCCCCC. The first kappa shape index (κ1) is 70.7. The van der Waals surface area contributed by atoms with E-state index in [1.807, 2.05) is 27.2 Å². The average Bonchev–Trinajstić information content (AvgIpc) is 3.34. The Morgan fingerprint density at radius 3 is 1.11 bits per heavy atom. The van der Waals surface area contributed by atoms with Crippen molar-refractivity contribution in [2.24, 2.45) is 0 Å². The lowest BCUT2D eigenvalue weighted by atomic mass is 10.0. The minimum Gasteiger partial charge on any atom is -0.387 e. The molecule has 0 rings (SSSR count). The highest BCUT2D eigenvalue weighted by atomic mass is 31.2. The quantitative estimate of drug-likeness (QED) is 0.0243. The number of aliphatic hydroxyl groups excluding tert-OH is 1. The van der Waals surface area contributed by atoms with Crippen molar-refractivity contribution in [2.45, 2.75) is 321 Å². The van der Waals surface area contributed by atoms with Crippen LogP contribution in [-0.4, -0.2) is 73.4 Å². The molecule has 0 bridgehead atoms. The summed E-state index contributed by atoms with van der Waals surface area (Å²) in [6, 6.07) is -0.863. The van der Waals surface area contributed by atoms with Gasteiger partial charge in [-0.2, -0.15) is 0 Å². The lowest BCUT2D eigenvalue weighted by Crippen LogP contribution is -2.45. The Hall–Kier alpha value is -1.28. The van der Waals surface area contributed by atoms with E-state index in [4.69, 9.17) is 9.05 Å². The van der Waals surface area contributed by atoms with Crippen molar-refractivity contribution in [1.29, 1.82) is 0 Å². The topological polar surface area (TPSA) is 105 Å². The Bertz CT molecular complexity index is 1270. The number of nitrogens with zero attached hydrogens (tertiary/aromatic N) is 1. The van der Waals surface area contributed by atoms with Gasteiger partial charge in [0, 0.05) is 6.42 Å². The third kappa shape index (κ3) is 56.4. The summed E-state index contributed by atoms with van der Waals surface area (Å²) in [5, 5.41) is 13.9. The molecule has 0 aromatic heterocycles. The number of carbonyl (C=O) groups excluding carboxylic acids is 1. The fourth-order valence-electron chi connectivity index (χ4n) is 9.41. The van der Waals surface area contributed by atoms with E-state index in [1.54, 1.807) is 6.08 Å². The van der Waals surface area contributed by atoms with Gasteiger partial charge in [0.25, 0.3) is 0 Å². The molecule has 0 saturated carbocycles. The van der Waals surface area contributed by atoms with Crippen molar-refractivity contribution < 1.29 is 32.9 Å². The Morgan fingerprint density at radius 2 is 0.764 bits per heavy atom. The van der Waals surface area contributed by atoms with Gasteiger partial charge in [0.05, 0.1) is 39.9 Å². The molecular formula is C63H124N2O6P+. The van der Waals surface area contributed by atoms with E-state index in [2.05, 4.69) is 43.5 Å². The van der Waals surface area contributed by atoms with Crippen LogP contribution in [0.4, 0.5) is 0 Å². The fourth-order valence-corrected chi connectivity index (χ4v) is 10.1. The van der Waals surface area contributed by atoms with Crippen LogP contribution in [0.15, 0.2) is 36.5 Å². The standard InChI is InChI=1S/C63H123N2O6P/c1-6-8-10-12-14-16-18-20-22-24-26-27-28-29-30-31-32-33-34-35-36-37-39-41-43-45-47-49-51-53-55-57-63(67)64-61(60-71-72(68,69)70-59-58-65(3,4)5)62(66)56-54-52-50-48-46-44-42-40-38-25-23-21-19-17-15-13-11-9-7-2/h29-30,46,48,54,56,61-62,66H,6-28,31-45,47,49-53,55,57-60H2,1-5H3,(H-,64,67,68,69)/p+1/b30-29-,48-46+,56-54+. The van der Waals surface area contributed by atoms with E-state index in [9.17, 15) is 19.4 Å². The number of quaternary nitrogens is 1. The minimum absolute atomic E-state index is 0.0574. The molecule has 426 valence electrons. The maximum Gasteiger partial charge on any atom is 0.472 e. The summed E-state index contributed by atoms with van der Waals surface area (Å²) in [7, 11) is 1.57. The number of unbranched alkanes of at least 4 members (excludes halogenated alkanes) is 41. The Balaban J connectivity index is 4.10. The van der Waals surface area contributed by atoms with E-state index < -0.39 is 20.0 Å². The maximum atomic E-state index is 13.0. The van der Waals surface area contributed by atoms with Gasteiger partial charge in [-0.25, -0.2) is 4.57 Å². The van der Waals surface area contributed by atoms with Crippen LogP contribution in [0, 0.1) is 0 Å². The molecule has 0 aliphatic rings. The molecule has 0 saturated heterocycles. The monoisotopic (exact) mass is 1040 g/mol. The van der Waals surface area contributed by atoms with Gasteiger partial charge in [0.2, 0.25) is 5.91 Å². The number of carbonyl (C=O) groups is 1. The number of aliphatic hydroxyl groups is 1. The number of hydrogen-bond acceptors (Lipinski definition) is 5. The molecule has 0 aliphatic carbocycles. The highest BCUT2D eigenvalue weighted by molar-refractivity contribution is 7.47. The molecule has 1 amide bonds. The molecule has 3 unspecified atom stereocenters. The molecule has 0 heterocycles. The molecule has 72 heavy (non-hydrogen) atoms. The second kappa shape index (κ2) is 54.5. The van der Waals surface area contributed by atoms with Gasteiger partial charge in [0.1, 0.15) is 13.2 Å². The normalized spacial score (nSPS) is 14.0. The fraction of sp³-hybridized carbons (Fsp3) is 0.889. The number of rotatable bonds is 58. The number of likely N-dealkylation sites (N-methyl/N-ethyl adjacent to an activating group) is 1. The Kier molecular flexibility index (Phi) is 53.5. The third-order valence-corrected chi connectivity index (χ3v) is 15.3. The van der Waals surface area contributed by atoms with Gasteiger partial charge in [-0.15, -0.1) is 0 Å². The second-order valence-electron chi connectivity index (χ2n) is 22.8. The molecular weight excluding hydrogens is 912 g/mol. The van der Waals surface area contributed by atoms with Crippen LogP contribution >= 0.6 is 7.82 Å². The van der Waals surface area contributed by atoms with Crippen LogP contribution in [0.3, 0.4) is 0 Å². The summed E-state index contributed by atoms with van der Waals surface area (Å²) in [4.78, 5) is 23.3. The highest BCUT2D eigenvalue weighted by Gasteiger charge is 2.27. The van der Waals surface area contributed by atoms with Gasteiger partial charge in [-0.3, -0.25) is 13.8 Å². The summed E-state index contributed by atoms with van der Waals surface area (Å²) in [5.74, 6) is -0.182. The molecule has 0 aromatic rings. The van der Waals surface area contributed by atoms with Crippen LogP contribution in [0.5, 0.6) is 0 Å². The van der Waals surface area contributed by atoms with E-state index >= 15 is 0 Å². The average molecular weight is 1040 g/mol. The zero-order valence-electron chi connectivity index (χ0n) is 48.7. The van der Waals surface area contributed by atoms with Crippen molar-refractivity contribution in [1.82, 2.24) is 5.32 Å². The number of phosphoric ester groups is 1. The van der Waals surface area contributed by atoms with E-state index in [0.717, 1.165) is 38.5 Å². The first-order chi connectivity index (χ1) is 35.0. The van der Waals surface area contributed by atoms with Crippen LogP contribution in [-0.2, 0) is 18.4 Å². The van der Waals surface area contributed by atoms with E-state index in [0.29, 0.717) is 17.4 Å². The van der Waals surface area contributed by atoms with Crippen molar-refractivity contribution in [3.8, 4) is 0 Å². The Labute approximate surface area is 448 Å². The third-order valence-electron chi connectivity index (χ3n) is 14.3. The number of amides is 1. The Morgan fingerprint density at radius 1 is 0.458 bits per heavy atom. The van der Waals surface area contributed by atoms with Crippen LogP contribution < -0.4 is 5.32 Å². The predicted octanol–water partition coefficient (Wildman–Crippen LogP) is 19.3. The summed E-state index contributed by atoms with van der Waals surface area (Å²) >= 11 is 0. The summed E-state index contributed by atoms with van der Waals surface area (Å²) in [6.45, 7) is 4.84.